The fraction of sp³-hybridized carbons (Fsp3) is 0.188. The fourth-order valence-electron chi connectivity index (χ4n) is 1.83. The molecule has 0 aliphatic rings. The van der Waals surface area contributed by atoms with Crippen LogP contribution in [0.2, 0.25) is 0 Å². The number of nitrogens with zero attached hydrogens (tertiary/aromatic N) is 1. The van der Waals surface area contributed by atoms with Gasteiger partial charge >= 0.3 is 0 Å². The van der Waals surface area contributed by atoms with Crippen LogP contribution in [0.3, 0.4) is 0 Å². The molecule has 0 heterocycles. The Morgan fingerprint density at radius 2 is 1.71 bits per heavy atom. The van der Waals surface area contributed by atoms with Crippen LogP contribution in [0.1, 0.15) is 18.1 Å². The van der Waals surface area contributed by atoms with Crippen molar-refractivity contribution in [2.24, 2.45) is 5.16 Å². The lowest BCUT2D eigenvalue weighted by atomic mass is 10.1. The van der Waals surface area contributed by atoms with E-state index in [4.69, 9.17) is 9.94 Å². The van der Waals surface area contributed by atoms with E-state index in [-0.39, 0.29) is 6.61 Å². The third-order valence-electron chi connectivity index (χ3n) is 2.94. The quantitative estimate of drug-likeness (QED) is 0.515. The van der Waals surface area contributed by atoms with Crippen molar-refractivity contribution in [1.82, 2.24) is 0 Å². The van der Waals surface area contributed by atoms with Gasteiger partial charge in [-0.2, -0.15) is 0 Å². The molecule has 0 unspecified atom stereocenters. The average Bonchev–Trinajstić information content (AvgIpc) is 2.50. The number of ether oxygens (including phenoxy) is 1. The SMILES string of the molecule is C/C(Cc1ccc(OCc2ccc(F)c(F)c2)cc1)=N/O. The van der Waals surface area contributed by atoms with Gasteiger partial charge in [-0.1, -0.05) is 23.4 Å². The molecule has 0 aliphatic carbocycles. The minimum atomic E-state index is -0.884. The van der Waals surface area contributed by atoms with Crippen LogP contribution >= 0.6 is 0 Å². The molecule has 2 aromatic carbocycles. The Morgan fingerprint density at radius 3 is 2.33 bits per heavy atom. The van der Waals surface area contributed by atoms with Gasteiger partial charge in [0.1, 0.15) is 12.4 Å². The summed E-state index contributed by atoms with van der Waals surface area (Å²) in [4.78, 5) is 0. The van der Waals surface area contributed by atoms with Crippen LogP contribution in [0.4, 0.5) is 8.78 Å². The predicted molar refractivity (Wildman–Crippen MR) is 75.7 cm³/mol. The molecule has 0 radical (unpaired) electrons. The van der Waals surface area contributed by atoms with Crippen molar-refractivity contribution in [3.05, 3.63) is 65.2 Å². The topological polar surface area (TPSA) is 41.8 Å². The first kappa shape index (κ1) is 15.0. The molecule has 0 saturated heterocycles. The maximum absolute atomic E-state index is 13.1. The van der Waals surface area contributed by atoms with Gasteiger partial charge in [0.25, 0.3) is 0 Å². The molecule has 21 heavy (non-hydrogen) atoms. The summed E-state index contributed by atoms with van der Waals surface area (Å²) in [6.07, 6.45) is 0.556. The van der Waals surface area contributed by atoms with Gasteiger partial charge in [-0.15, -0.1) is 0 Å². The largest absolute Gasteiger partial charge is 0.489 e. The number of hydrogen-bond acceptors (Lipinski definition) is 3. The maximum Gasteiger partial charge on any atom is 0.159 e. The highest BCUT2D eigenvalue weighted by Gasteiger charge is 2.03. The summed E-state index contributed by atoms with van der Waals surface area (Å²) in [5, 5.41) is 11.7. The van der Waals surface area contributed by atoms with E-state index in [1.165, 1.54) is 6.07 Å². The van der Waals surface area contributed by atoms with E-state index in [0.717, 1.165) is 17.7 Å². The molecule has 0 fully saturated rings. The van der Waals surface area contributed by atoms with Gasteiger partial charge in [0.15, 0.2) is 11.6 Å². The van der Waals surface area contributed by atoms with Crippen molar-refractivity contribution in [2.75, 3.05) is 0 Å². The second-order valence-corrected chi connectivity index (χ2v) is 4.69. The molecule has 0 amide bonds. The molecule has 2 aromatic rings. The van der Waals surface area contributed by atoms with Crippen LogP contribution in [0.15, 0.2) is 47.6 Å². The first-order valence-corrected chi connectivity index (χ1v) is 6.41. The molecular weight excluding hydrogens is 276 g/mol. The van der Waals surface area contributed by atoms with Crippen LogP contribution in [-0.2, 0) is 13.0 Å². The van der Waals surface area contributed by atoms with Crippen LogP contribution in [-0.4, -0.2) is 10.9 Å². The lowest BCUT2D eigenvalue weighted by Crippen LogP contribution is -1.99. The molecule has 0 bridgehead atoms. The van der Waals surface area contributed by atoms with Crippen molar-refractivity contribution in [3.63, 3.8) is 0 Å². The number of benzene rings is 2. The first-order valence-electron chi connectivity index (χ1n) is 6.41. The predicted octanol–water partition coefficient (Wildman–Crippen LogP) is 3.94. The number of rotatable bonds is 5. The molecule has 0 aliphatic heterocycles. The van der Waals surface area contributed by atoms with Gasteiger partial charge < -0.3 is 9.94 Å². The minimum absolute atomic E-state index is 0.160. The summed E-state index contributed by atoms with van der Waals surface area (Å²) in [6, 6.07) is 10.9. The van der Waals surface area contributed by atoms with Crippen LogP contribution < -0.4 is 4.74 Å². The molecule has 0 atom stereocenters. The lowest BCUT2D eigenvalue weighted by molar-refractivity contribution is 0.305. The van der Waals surface area contributed by atoms with Crippen LogP contribution in [0.25, 0.3) is 0 Å². The summed E-state index contributed by atoms with van der Waals surface area (Å²) in [7, 11) is 0. The average molecular weight is 291 g/mol. The van der Waals surface area contributed by atoms with Crippen molar-refractivity contribution < 1.29 is 18.7 Å². The van der Waals surface area contributed by atoms with E-state index in [1.54, 1.807) is 19.1 Å². The highest BCUT2D eigenvalue weighted by molar-refractivity contribution is 5.83. The molecule has 1 N–H and O–H groups in total. The monoisotopic (exact) mass is 291 g/mol. The van der Waals surface area contributed by atoms with Gasteiger partial charge in [0.2, 0.25) is 0 Å². The smallest absolute Gasteiger partial charge is 0.159 e. The third kappa shape index (κ3) is 4.27. The summed E-state index contributed by atoms with van der Waals surface area (Å²) >= 11 is 0. The van der Waals surface area contributed by atoms with Crippen molar-refractivity contribution in [1.29, 1.82) is 0 Å². The standard InChI is InChI=1S/C16H15F2NO2/c1-11(19-20)8-12-2-5-14(6-3-12)21-10-13-4-7-15(17)16(18)9-13/h2-7,9,20H,8,10H2,1H3/b19-11-. The molecule has 0 aromatic heterocycles. The number of hydrogen-bond donors (Lipinski definition) is 1. The van der Waals surface area contributed by atoms with Crippen molar-refractivity contribution in [3.8, 4) is 5.75 Å². The lowest BCUT2D eigenvalue weighted by Gasteiger charge is -2.07. The zero-order valence-corrected chi connectivity index (χ0v) is 11.5. The zero-order valence-electron chi connectivity index (χ0n) is 11.5. The van der Waals surface area contributed by atoms with Gasteiger partial charge in [0.05, 0.1) is 5.71 Å². The second-order valence-electron chi connectivity index (χ2n) is 4.69. The van der Waals surface area contributed by atoms with Gasteiger partial charge in [-0.3, -0.25) is 0 Å². The Labute approximate surface area is 121 Å². The molecule has 0 saturated carbocycles. The Kier molecular flexibility index (Phi) is 4.87. The Balaban J connectivity index is 1.95. The van der Waals surface area contributed by atoms with E-state index in [1.807, 2.05) is 12.1 Å². The molecule has 5 heteroatoms. The number of oxime groups is 1. The second kappa shape index (κ2) is 6.83. The summed E-state index contributed by atoms with van der Waals surface area (Å²) in [5.74, 6) is -1.13. The fourth-order valence-corrected chi connectivity index (χ4v) is 1.83. The Morgan fingerprint density at radius 1 is 1.05 bits per heavy atom. The first-order chi connectivity index (χ1) is 10.1. The molecule has 3 nitrogen and oxygen atoms in total. The molecule has 0 spiro atoms. The van der Waals surface area contributed by atoms with Crippen LogP contribution in [0, 0.1) is 11.6 Å². The highest BCUT2D eigenvalue weighted by atomic mass is 19.2. The van der Waals surface area contributed by atoms with Gasteiger partial charge in [-0.05, 0) is 42.3 Å². The van der Waals surface area contributed by atoms with Crippen molar-refractivity contribution >= 4 is 5.71 Å². The van der Waals surface area contributed by atoms with E-state index in [2.05, 4.69) is 5.16 Å². The van der Waals surface area contributed by atoms with Gasteiger partial charge in [-0.25, -0.2) is 8.78 Å². The van der Waals surface area contributed by atoms with E-state index < -0.39 is 11.6 Å². The van der Waals surface area contributed by atoms with Gasteiger partial charge in [0, 0.05) is 6.42 Å². The Bertz CT molecular complexity index is 639. The van der Waals surface area contributed by atoms with E-state index in [0.29, 0.717) is 23.4 Å². The Hall–Kier alpha value is -2.43. The summed E-state index contributed by atoms with van der Waals surface area (Å²) in [6.45, 7) is 1.89. The molecule has 2 rings (SSSR count). The maximum atomic E-state index is 13.1. The molecule has 110 valence electrons. The summed E-state index contributed by atoms with van der Waals surface area (Å²) < 4.78 is 31.4. The normalized spacial score (nSPS) is 11.5. The highest BCUT2D eigenvalue weighted by Crippen LogP contribution is 2.16. The van der Waals surface area contributed by atoms with E-state index in [9.17, 15) is 8.78 Å². The summed E-state index contributed by atoms with van der Waals surface area (Å²) in [5.41, 5.74) is 2.16. The van der Waals surface area contributed by atoms with Crippen LogP contribution in [0.5, 0.6) is 5.75 Å². The number of halogens is 2. The third-order valence-corrected chi connectivity index (χ3v) is 2.94. The molecular formula is C16H15F2NO2. The minimum Gasteiger partial charge on any atom is -0.489 e. The van der Waals surface area contributed by atoms with Crippen molar-refractivity contribution in [2.45, 2.75) is 20.0 Å². The van der Waals surface area contributed by atoms with E-state index >= 15 is 0 Å². The zero-order chi connectivity index (χ0) is 15.2.